The molecule has 0 radical (unpaired) electrons. The maximum Gasteiger partial charge on any atom is 0.203 e. The van der Waals surface area contributed by atoms with Crippen molar-refractivity contribution in [2.45, 2.75) is 25.4 Å². The summed E-state index contributed by atoms with van der Waals surface area (Å²) in [5.74, 6) is 0.982. The summed E-state index contributed by atoms with van der Waals surface area (Å²) in [5, 5.41) is 3.63. The van der Waals surface area contributed by atoms with Crippen molar-refractivity contribution in [2.75, 3.05) is 18.0 Å². The van der Waals surface area contributed by atoms with Crippen LogP contribution in [-0.2, 0) is 13.6 Å². The largest absolute Gasteiger partial charge is 0.341 e. The van der Waals surface area contributed by atoms with Crippen molar-refractivity contribution < 1.29 is 0 Å². The Balaban J connectivity index is 1.42. The van der Waals surface area contributed by atoms with E-state index in [2.05, 4.69) is 38.5 Å². The smallest absolute Gasteiger partial charge is 0.203 e. The summed E-state index contributed by atoms with van der Waals surface area (Å²) in [6.45, 7) is 2.85. The number of imidazole rings is 2. The monoisotopic (exact) mass is 310 g/mol. The zero-order valence-electron chi connectivity index (χ0n) is 13.4. The second kappa shape index (κ2) is 6.04. The number of nitrogens with zero attached hydrogens (tertiary/aromatic N) is 4. The Bertz CT molecular complexity index is 756. The second-order valence-electron chi connectivity index (χ2n) is 6.27. The molecule has 0 aliphatic carbocycles. The molecule has 3 heterocycles. The molecule has 6 nitrogen and oxygen atoms in total. The Labute approximate surface area is 135 Å². The van der Waals surface area contributed by atoms with E-state index in [-0.39, 0.29) is 0 Å². The van der Waals surface area contributed by atoms with Gasteiger partial charge in [-0.3, -0.25) is 0 Å². The molecule has 6 heteroatoms. The number of hydrogen-bond donors (Lipinski definition) is 2. The Morgan fingerprint density at radius 2 is 2.26 bits per heavy atom. The van der Waals surface area contributed by atoms with Gasteiger partial charge in [-0.15, -0.1) is 0 Å². The molecule has 4 rings (SSSR count). The number of rotatable bonds is 4. The van der Waals surface area contributed by atoms with Crippen LogP contribution in [0.25, 0.3) is 11.0 Å². The van der Waals surface area contributed by atoms with Crippen LogP contribution < -0.4 is 10.2 Å². The summed E-state index contributed by atoms with van der Waals surface area (Å²) in [6.07, 6.45) is 6.28. The van der Waals surface area contributed by atoms with Crippen molar-refractivity contribution >= 4 is 17.0 Å². The molecule has 0 saturated carbocycles. The maximum atomic E-state index is 4.72. The van der Waals surface area contributed by atoms with Gasteiger partial charge in [0.1, 0.15) is 0 Å². The highest BCUT2D eigenvalue weighted by Crippen LogP contribution is 2.20. The molecule has 1 aliphatic heterocycles. The minimum Gasteiger partial charge on any atom is -0.341 e. The van der Waals surface area contributed by atoms with Gasteiger partial charge in [-0.25, -0.2) is 9.97 Å². The molecule has 1 saturated heterocycles. The third-order valence-corrected chi connectivity index (χ3v) is 4.43. The van der Waals surface area contributed by atoms with E-state index in [1.165, 1.54) is 12.8 Å². The van der Waals surface area contributed by atoms with E-state index in [1.54, 1.807) is 0 Å². The lowest BCUT2D eigenvalue weighted by molar-refractivity contribution is 0.417. The Morgan fingerprint density at radius 1 is 1.35 bits per heavy atom. The van der Waals surface area contributed by atoms with E-state index < -0.39 is 0 Å². The lowest BCUT2D eigenvalue weighted by Gasteiger charge is -2.33. The highest BCUT2D eigenvalue weighted by atomic mass is 15.3. The molecule has 1 aromatic carbocycles. The average Bonchev–Trinajstić information content (AvgIpc) is 3.19. The van der Waals surface area contributed by atoms with Crippen molar-refractivity contribution in [1.82, 2.24) is 24.8 Å². The zero-order valence-corrected chi connectivity index (χ0v) is 13.4. The van der Waals surface area contributed by atoms with E-state index in [1.807, 2.05) is 30.1 Å². The molecule has 2 N–H and O–H groups in total. The topological polar surface area (TPSA) is 61.8 Å². The first-order valence-electron chi connectivity index (χ1n) is 8.18. The second-order valence-corrected chi connectivity index (χ2v) is 6.27. The van der Waals surface area contributed by atoms with Gasteiger partial charge in [0.05, 0.1) is 23.1 Å². The summed E-state index contributed by atoms with van der Waals surface area (Å²) in [4.78, 5) is 14.9. The molecule has 23 heavy (non-hydrogen) atoms. The third-order valence-electron chi connectivity index (χ3n) is 4.43. The molecular formula is C17H22N6. The normalized spacial score (nSPS) is 18.7. The first-order chi connectivity index (χ1) is 11.3. The molecule has 1 aliphatic rings. The molecule has 2 aromatic heterocycles. The fourth-order valence-electron chi connectivity index (χ4n) is 3.23. The first-order valence-corrected chi connectivity index (χ1v) is 8.18. The molecule has 1 atom stereocenters. The van der Waals surface area contributed by atoms with Gasteiger partial charge in [0.15, 0.2) is 0 Å². The molecule has 120 valence electrons. The molecule has 1 unspecified atom stereocenters. The van der Waals surface area contributed by atoms with Gasteiger partial charge in [-0.1, -0.05) is 12.1 Å². The number of nitrogens with one attached hydrogen (secondary N) is 2. The fourth-order valence-corrected chi connectivity index (χ4v) is 3.23. The number of aromatic nitrogens is 4. The molecule has 3 aromatic rings. The van der Waals surface area contributed by atoms with Crippen LogP contribution in [0.5, 0.6) is 0 Å². The van der Waals surface area contributed by atoms with Crippen LogP contribution in [0.4, 0.5) is 5.95 Å². The number of H-pyrrole nitrogens is 1. The lowest BCUT2D eigenvalue weighted by atomic mass is 10.1. The quantitative estimate of drug-likeness (QED) is 0.774. The minimum atomic E-state index is 0.471. The van der Waals surface area contributed by atoms with Crippen LogP contribution in [-0.4, -0.2) is 38.7 Å². The Morgan fingerprint density at radius 3 is 3.09 bits per heavy atom. The van der Waals surface area contributed by atoms with Gasteiger partial charge in [0.25, 0.3) is 0 Å². The van der Waals surface area contributed by atoms with E-state index in [0.717, 1.165) is 42.3 Å². The number of anilines is 1. The van der Waals surface area contributed by atoms with Gasteiger partial charge < -0.3 is 19.8 Å². The van der Waals surface area contributed by atoms with E-state index in [0.29, 0.717) is 6.04 Å². The Kier molecular flexibility index (Phi) is 3.75. The predicted octanol–water partition coefficient (Wildman–Crippen LogP) is 2.05. The maximum absolute atomic E-state index is 4.72. The van der Waals surface area contributed by atoms with E-state index in [9.17, 15) is 0 Å². The van der Waals surface area contributed by atoms with Gasteiger partial charge >= 0.3 is 0 Å². The molecule has 0 amide bonds. The summed E-state index contributed by atoms with van der Waals surface area (Å²) >= 11 is 0. The number of para-hydroxylation sites is 2. The third kappa shape index (κ3) is 3.07. The molecule has 0 bridgehead atoms. The number of aromatic amines is 1. The summed E-state index contributed by atoms with van der Waals surface area (Å²) in [7, 11) is 2.00. The SMILES string of the molecule is Cn1cnc(CNC2CCCN(c3nc4ccccc4[nH]3)C2)c1. The average molecular weight is 310 g/mol. The van der Waals surface area contributed by atoms with Crippen molar-refractivity contribution in [3.8, 4) is 0 Å². The standard InChI is InChI=1S/C17H22N6/c1-22-10-14(19-12-22)9-18-13-5-4-8-23(11-13)17-20-15-6-2-3-7-16(15)21-17/h2-3,6-7,10,12-13,18H,4-5,8-9,11H2,1H3,(H,20,21). The van der Waals surface area contributed by atoms with Gasteiger partial charge in [-0.05, 0) is 25.0 Å². The molecule has 1 fully saturated rings. The van der Waals surface area contributed by atoms with Crippen molar-refractivity contribution in [3.63, 3.8) is 0 Å². The van der Waals surface area contributed by atoms with Crippen molar-refractivity contribution in [2.24, 2.45) is 7.05 Å². The minimum absolute atomic E-state index is 0.471. The summed E-state index contributed by atoms with van der Waals surface area (Å²) < 4.78 is 1.98. The number of benzene rings is 1. The van der Waals surface area contributed by atoms with E-state index >= 15 is 0 Å². The van der Waals surface area contributed by atoms with Crippen LogP contribution in [0.15, 0.2) is 36.8 Å². The van der Waals surface area contributed by atoms with Crippen LogP contribution >= 0.6 is 0 Å². The van der Waals surface area contributed by atoms with Crippen LogP contribution in [0.3, 0.4) is 0 Å². The lowest BCUT2D eigenvalue weighted by Crippen LogP contribution is -2.46. The summed E-state index contributed by atoms with van der Waals surface area (Å²) in [6, 6.07) is 8.67. The molecular weight excluding hydrogens is 288 g/mol. The van der Waals surface area contributed by atoms with Crippen LogP contribution in [0, 0.1) is 0 Å². The van der Waals surface area contributed by atoms with Gasteiger partial charge in [0, 0.05) is 38.9 Å². The van der Waals surface area contributed by atoms with E-state index in [4.69, 9.17) is 4.98 Å². The van der Waals surface area contributed by atoms with Crippen LogP contribution in [0.1, 0.15) is 18.5 Å². The van der Waals surface area contributed by atoms with Gasteiger partial charge in [0.2, 0.25) is 5.95 Å². The number of hydrogen-bond acceptors (Lipinski definition) is 4. The first kappa shape index (κ1) is 14.3. The van der Waals surface area contributed by atoms with Crippen molar-refractivity contribution in [1.29, 1.82) is 0 Å². The fraction of sp³-hybridized carbons (Fsp3) is 0.412. The summed E-state index contributed by atoms with van der Waals surface area (Å²) in [5.41, 5.74) is 3.23. The number of fused-ring (bicyclic) bond motifs is 1. The predicted molar refractivity (Wildman–Crippen MR) is 91.4 cm³/mol. The zero-order chi connectivity index (χ0) is 15.6. The van der Waals surface area contributed by atoms with Crippen LogP contribution in [0.2, 0.25) is 0 Å². The highest BCUT2D eigenvalue weighted by molar-refractivity contribution is 5.77. The Hall–Kier alpha value is -2.34. The van der Waals surface area contributed by atoms with Crippen molar-refractivity contribution in [3.05, 3.63) is 42.5 Å². The van der Waals surface area contributed by atoms with Gasteiger partial charge in [-0.2, -0.15) is 0 Å². The highest BCUT2D eigenvalue weighted by Gasteiger charge is 2.22. The molecule has 0 spiro atoms. The number of piperidine rings is 1. The number of aryl methyl sites for hydroxylation is 1.